The van der Waals surface area contributed by atoms with Crippen molar-refractivity contribution in [2.24, 2.45) is 0 Å². The highest BCUT2D eigenvalue weighted by Gasteiger charge is 2.34. The van der Waals surface area contributed by atoms with Gasteiger partial charge in [-0.25, -0.2) is 0 Å². The number of carbonyl (C=O) groups is 2. The quantitative estimate of drug-likeness (QED) is 0.454. The first kappa shape index (κ1) is 21.2. The molecule has 1 N–H and O–H groups in total. The summed E-state index contributed by atoms with van der Waals surface area (Å²) in [6.45, 7) is 7.24. The fourth-order valence-electron chi connectivity index (χ4n) is 3.87. The summed E-state index contributed by atoms with van der Waals surface area (Å²) in [5, 5.41) is 2.73. The molecule has 0 aliphatic carbocycles. The molecular formula is C24H25N3O3S. The van der Waals surface area contributed by atoms with Gasteiger partial charge in [-0.1, -0.05) is 25.1 Å². The van der Waals surface area contributed by atoms with E-state index in [0.717, 1.165) is 55.1 Å². The lowest BCUT2D eigenvalue weighted by Gasteiger charge is -2.30. The number of rotatable bonds is 4. The first-order valence-corrected chi connectivity index (χ1v) is 10.8. The van der Waals surface area contributed by atoms with Crippen LogP contribution in [0.3, 0.4) is 0 Å². The highest BCUT2D eigenvalue weighted by molar-refractivity contribution is 7.80. The molecule has 0 bridgehead atoms. The number of hydrogen-bond donors (Lipinski definition) is 1. The van der Waals surface area contributed by atoms with Gasteiger partial charge >= 0.3 is 0 Å². The molecule has 0 aromatic heterocycles. The molecular weight excluding hydrogens is 410 g/mol. The molecule has 0 radical (unpaired) electrons. The molecule has 4 rings (SSSR count). The first-order chi connectivity index (χ1) is 15.0. The molecule has 2 saturated heterocycles. The predicted molar refractivity (Wildman–Crippen MR) is 126 cm³/mol. The number of nitrogens with one attached hydrogen (secondary N) is 1. The number of carbonyl (C=O) groups excluding carboxylic acids is 2. The topological polar surface area (TPSA) is 61.9 Å². The Balaban J connectivity index is 1.62. The van der Waals surface area contributed by atoms with Gasteiger partial charge in [0.25, 0.3) is 11.8 Å². The Hall–Kier alpha value is -3.03. The van der Waals surface area contributed by atoms with Gasteiger partial charge in [0.1, 0.15) is 5.57 Å². The minimum absolute atomic E-state index is 0.0618. The zero-order chi connectivity index (χ0) is 22.0. The second kappa shape index (κ2) is 8.99. The van der Waals surface area contributed by atoms with Crippen LogP contribution in [0, 0.1) is 6.92 Å². The lowest BCUT2D eigenvalue weighted by Crippen LogP contribution is -2.54. The number of anilines is 2. The second-order valence-corrected chi connectivity index (χ2v) is 8.01. The number of benzene rings is 2. The van der Waals surface area contributed by atoms with Gasteiger partial charge in [-0.05, 0) is 72.6 Å². The highest BCUT2D eigenvalue weighted by Crippen LogP contribution is 2.26. The number of aryl methyl sites for hydroxylation is 2. The molecule has 0 saturated carbocycles. The molecule has 2 aromatic rings. The molecule has 6 nitrogen and oxygen atoms in total. The normalized spacial score (nSPS) is 18.5. The standard InChI is InChI=1S/C24H25N3O3S/c1-3-17-4-7-19(8-5-17)27-23(29)20(22(28)25-24(27)31)15-18-6-9-21(16(2)14-18)26-10-12-30-13-11-26/h4-9,14-15H,3,10-13H2,1-2H3,(H,25,28,31)/b20-15+. The van der Waals surface area contributed by atoms with Crippen LogP contribution < -0.4 is 15.1 Å². The maximum Gasteiger partial charge on any atom is 0.270 e. The van der Waals surface area contributed by atoms with E-state index >= 15 is 0 Å². The number of amides is 2. The van der Waals surface area contributed by atoms with Gasteiger partial charge in [-0.2, -0.15) is 0 Å². The Kier molecular flexibility index (Phi) is 6.15. The number of hydrogen-bond acceptors (Lipinski definition) is 5. The van der Waals surface area contributed by atoms with E-state index < -0.39 is 11.8 Å². The number of thiocarbonyl (C=S) groups is 1. The van der Waals surface area contributed by atoms with Crippen LogP contribution in [0.15, 0.2) is 48.0 Å². The van der Waals surface area contributed by atoms with Gasteiger partial charge < -0.3 is 9.64 Å². The van der Waals surface area contributed by atoms with Crippen molar-refractivity contribution in [3.8, 4) is 0 Å². The molecule has 160 valence electrons. The fraction of sp³-hybridized carbons (Fsp3) is 0.292. The number of ether oxygens (including phenoxy) is 1. The lowest BCUT2D eigenvalue weighted by atomic mass is 10.0. The van der Waals surface area contributed by atoms with Crippen LogP contribution in [0.25, 0.3) is 6.08 Å². The second-order valence-electron chi connectivity index (χ2n) is 7.62. The van der Waals surface area contributed by atoms with Crippen LogP contribution in [-0.2, 0) is 20.7 Å². The van der Waals surface area contributed by atoms with Crippen molar-refractivity contribution in [2.75, 3.05) is 36.1 Å². The fourth-order valence-corrected chi connectivity index (χ4v) is 4.15. The third kappa shape index (κ3) is 4.38. The average Bonchev–Trinajstić information content (AvgIpc) is 2.77. The van der Waals surface area contributed by atoms with E-state index in [9.17, 15) is 9.59 Å². The summed E-state index contributed by atoms with van der Waals surface area (Å²) < 4.78 is 5.43. The van der Waals surface area contributed by atoms with Crippen molar-refractivity contribution >= 4 is 46.6 Å². The third-order valence-corrected chi connectivity index (χ3v) is 5.87. The maximum atomic E-state index is 13.2. The van der Waals surface area contributed by atoms with E-state index in [-0.39, 0.29) is 10.7 Å². The predicted octanol–water partition coefficient (Wildman–Crippen LogP) is 3.23. The molecule has 31 heavy (non-hydrogen) atoms. The van der Waals surface area contributed by atoms with E-state index in [1.807, 2.05) is 49.4 Å². The Bertz CT molecular complexity index is 1060. The molecule has 2 heterocycles. The Morgan fingerprint density at radius 1 is 1.10 bits per heavy atom. The summed E-state index contributed by atoms with van der Waals surface area (Å²) in [5.41, 5.74) is 4.88. The summed E-state index contributed by atoms with van der Waals surface area (Å²) in [7, 11) is 0. The summed E-state index contributed by atoms with van der Waals surface area (Å²) in [6.07, 6.45) is 2.53. The van der Waals surface area contributed by atoms with Crippen LogP contribution >= 0.6 is 12.2 Å². The Morgan fingerprint density at radius 2 is 1.81 bits per heavy atom. The number of nitrogens with zero attached hydrogens (tertiary/aromatic N) is 2. The Morgan fingerprint density at radius 3 is 2.45 bits per heavy atom. The van der Waals surface area contributed by atoms with Crippen LogP contribution in [-0.4, -0.2) is 43.2 Å². The van der Waals surface area contributed by atoms with Crippen molar-refractivity contribution in [2.45, 2.75) is 20.3 Å². The maximum absolute atomic E-state index is 13.2. The zero-order valence-electron chi connectivity index (χ0n) is 17.7. The van der Waals surface area contributed by atoms with E-state index in [1.54, 1.807) is 6.08 Å². The molecule has 2 fully saturated rings. The van der Waals surface area contributed by atoms with Crippen LogP contribution in [0.5, 0.6) is 0 Å². The van der Waals surface area contributed by atoms with Gasteiger partial charge in [0, 0.05) is 18.8 Å². The SMILES string of the molecule is CCc1ccc(N2C(=O)/C(=C/c3ccc(N4CCOCC4)c(C)c3)C(=O)NC2=S)cc1. The van der Waals surface area contributed by atoms with Crippen molar-refractivity contribution in [1.82, 2.24) is 5.32 Å². The average molecular weight is 436 g/mol. The van der Waals surface area contributed by atoms with E-state index in [2.05, 4.69) is 17.1 Å². The smallest absolute Gasteiger partial charge is 0.270 e. The summed E-state index contributed by atoms with van der Waals surface area (Å²) in [5.74, 6) is -0.903. The minimum atomic E-state index is -0.480. The van der Waals surface area contributed by atoms with Crippen LogP contribution in [0.1, 0.15) is 23.6 Å². The molecule has 0 spiro atoms. The van der Waals surface area contributed by atoms with Gasteiger partial charge in [0.15, 0.2) is 5.11 Å². The zero-order valence-corrected chi connectivity index (χ0v) is 18.5. The lowest BCUT2D eigenvalue weighted by molar-refractivity contribution is -0.122. The monoisotopic (exact) mass is 435 g/mol. The molecule has 2 aromatic carbocycles. The van der Waals surface area contributed by atoms with Crippen molar-refractivity contribution in [3.05, 3.63) is 64.7 Å². The van der Waals surface area contributed by atoms with Crippen molar-refractivity contribution in [3.63, 3.8) is 0 Å². The first-order valence-electron chi connectivity index (χ1n) is 10.4. The van der Waals surface area contributed by atoms with E-state index in [0.29, 0.717) is 5.69 Å². The molecule has 0 atom stereocenters. The molecule has 2 aliphatic heterocycles. The minimum Gasteiger partial charge on any atom is -0.378 e. The summed E-state index contributed by atoms with van der Waals surface area (Å²) >= 11 is 5.28. The highest BCUT2D eigenvalue weighted by atomic mass is 32.1. The van der Waals surface area contributed by atoms with Crippen molar-refractivity contribution in [1.29, 1.82) is 0 Å². The molecule has 0 unspecified atom stereocenters. The van der Waals surface area contributed by atoms with Gasteiger partial charge in [0.05, 0.1) is 18.9 Å². The molecule has 2 aliphatic rings. The van der Waals surface area contributed by atoms with Gasteiger partial charge in [-0.3, -0.25) is 19.8 Å². The van der Waals surface area contributed by atoms with Crippen LogP contribution in [0.2, 0.25) is 0 Å². The van der Waals surface area contributed by atoms with E-state index in [4.69, 9.17) is 17.0 Å². The van der Waals surface area contributed by atoms with Crippen LogP contribution in [0.4, 0.5) is 11.4 Å². The van der Waals surface area contributed by atoms with E-state index in [1.165, 1.54) is 4.90 Å². The largest absolute Gasteiger partial charge is 0.378 e. The summed E-state index contributed by atoms with van der Waals surface area (Å²) in [4.78, 5) is 29.4. The molecule has 7 heteroatoms. The molecule has 2 amide bonds. The van der Waals surface area contributed by atoms with Gasteiger partial charge in [0.2, 0.25) is 0 Å². The third-order valence-electron chi connectivity index (χ3n) is 5.59. The van der Waals surface area contributed by atoms with Crippen molar-refractivity contribution < 1.29 is 14.3 Å². The van der Waals surface area contributed by atoms with Gasteiger partial charge in [-0.15, -0.1) is 0 Å². The Labute approximate surface area is 187 Å². The number of morpholine rings is 1. The summed E-state index contributed by atoms with van der Waals surface area (Å²) in [6, 6.07) is 13.6.